The summed E-state index contributed by atoms with van der Waals surface area (Å²) in [7, 11) is 0. The summed E-state index contributed by atoms with van der Waals surface area (Å²) in [4.78, 5) is 24.4. The molecule has 0 saturated carbocycles. The first-order valence-corrected chi connectivity index (χ1v) is 9.41. The zero-order chi connectivity index (χ0) is 20.1. The van der Waals surface area contributed by atoms with Crippen LogP contribution >= 0.6 is 22.9 Å². The number of fused-ring (bicyclic) bond motifs is 2. The zero-order valence-electron chi connectivity index (χ0n) is 14.3. The van der Waals surface area contributed by atoms with E-state index in [-0.39, 0.29) is 10.7 Å². The van der Waals surface area contributed by atoms with Gasteiger partial charge in [0.2, 0.25) is 0 Å². The van der Waals surface area contributed by atoms with Crippen molar-refractivity contribution in [3.8, 4) is 0 Å². The number of hydrogen-bond acceptors (Lipinski definition) is 4. The van der Waals surface area contributed by atoms with Gasteiger partial charge in [-0.3, -0.25) is 10.1 Å². The molecule has 2 aromatic carbocycles. The Morgan fingerprint density at radius 1 is 1.25 bits per heavy atom. The van der Waals surface area contributed by atoms with Gasteiger partial charge in [-0.15, -0.1) is 0 Å². The molecule has 144 valence electrons. The van der Waals surface area contributed by atoms with Crippen molar-refractivity contribution in [1.82, 2.24) is 15.0 Å². The Morgan fingerprint density at radius 3 is 2.75 bits per heavy atom. The summed E-state index contributed by atoms with van der Waals surface area (Å²) in [5.41, 5.74) is 0.973. The van der Waals surface area contributed by atoms with Crippen LogP contribution in [-0.2, 0) is 12.6 Å². The number of carbonyl (C=O) groups excluding carboxylic acids is 1. The lowest BCUT2D eigenvalue weighted by atomic mass is 10.1. The second-order valence-corrected chi connectivity index (χ2v) is 7.51. The number of aromatic nitrogens is 3. The molecule has 0 unspecified atom stereocenters. The predicted octanol–water partition coefficient (Wildman–Crippen LogP) is 5.66. The highest BCUT2D eigenvalue weighted by atomic mass is 35.5. The number of hydrogen-bond donors (Lipinski definition) is 2. The monoisotopic (exact) mass is 424 g/mol. The summed E-state index contributed by atoms with van der Waals surface area (Å²) in [6.07, 6.45) is -3.78. The first-order chi connectivity index (χ1) is 13.2. The molecule has 0 aliphatic rings. The molecule has 5 nitrogen and oxygen atoms in total. The molecule has 4 rings (SSSR count). The Labute approximate surface area is 165 Å². The highest BCUT2D eigenvalue weighted by molar-refractivity contribution is 7.22. The highest BCUT2D eigenvalue weighted by Gasteiger charge is 2.30. The topological polar surface area (TPSA) is 70.7 Å². The van der Waals surface area contributed by atoms with Gasteiger partial charge in [-0.25, -0.2) is 9.97 Å². The molecule has 0 atom stereocenters. The van der Waals surface area contributed by atoms with Crippen LogP contribution in [0.1, 0.15) is 28.7 Å². The molecule has 0 fully saturated rings. The van der Waals surface area contributed by atoms with Gasteiger partial charge in [-0.05, 0) is 30.3 Å². The van der Waals surface area contributed by atoms with Crippen LogP contribution in [0.2, 0.25) is 5.02 Å². The number of alkyl halides is 3. The number of nitrogens with zero attached hydrogens (tertiary/aromatic N) is 2. The second kappa shape index (κ2) is 6.75. The number of aryl methyl sites for hydroxylation is 1. The van der Waals surface area contributed by atoms with E-state index in [1.807, 2.05) is 6.92 Å². The average Bonchev–Trinajstić information content (AvgIpc) is 3.21. The number of amides is 1. The van der Waals surface area contributed by atoms with Crippen molar-refractivity contribution in [2.45, 2.75) is 19.5 Å². The number of thiazole rings is 1. The van der Waals surface area contributed by atoms with Gasteiger partial charge in [0.05, 0.1) is 26.9 Å². The van der Waals surface area contributed by atoms with Gasteiger partial charge in [0, 0.05) is 11.4 Å². The Kier molecular flexibility index (Phi) is 4.51. The summed E-state index contributed by atoms with van der Waals surface area (Å²) >= 11 is 7.07. The summed E-state index contributed by atoms with van der Waals surface area (Å²) < 4.78 is 38.9. The number of H-pyrrole nitrogens is 1. The van der Waals surface area contributed by atoms with Gasteiger partial charge in [-0.2, -0.15) is 13.2 Å². The molecule has 4 aromatic rings. The van der Waals surface area contributed by atoms with Crippen molar-refractivity contribution in [3.05, 3.63) is 52.3 Å². The minimum atomic E-state index is -4.44. The number of halogens is 4. The van der Waals surface area contributed by atoms with E-state index in [4.69, 9.17) is 11.6 Å². The Balaban J connectivity index is 1.68. The van der Waals surface area contributed by atoms with E-state index in [2.05, 4.69) is 20.3 Å². The molecule has 0 saturated heterocycles. The van der Waals surface area contributed by atoms with E-state index in [1.165, 1.54) is 12.1 Å². The predicted molar refractivity (Wildman–Crippen MR) is 103 cm³/mol. The summed E-state index contributed by atoms with van der Waals surface area (Å²) in [5.74, 6) is 0.225. The fourth-order valence-electron chi connectivity index (χ4n) is 2.79. The van der Waals surface area contributed by atoms with Crippen molar-refractivity contribution in [1.29, 1.82) is 0 Å². The van der Waals surface area contributed by atoms with Gasteiger partial charge >= 0.3 is 6.18 Å². The maximum absolute atomic E-state index is 12.9. The van der Waals surface area contributed by atoms with Gasteiger partial charge in [0.1, 0.15) is 11.3 Å². The van der Waals surface area contributed by atoms with Crippen LogP contribution in [0.25, 0.3) is 21.3 Å². The SMILES string of the molecule is CCc1nc2c(C(=O)Nc3nc4ccc(C(F)(F)F)cc4s3)cc(Cl)cc2[nH]1. The van der Waals surface area contributed by atoms with Crippen LogP contribution in [0, 0.1) is 0 Å². The van der Waals surface area contributed by atoms with Crippen LogP contribution in [0.3, 0.4) is 0 Å². The third-order valence-corrected chi connectivity index (χ3v) is 5.27. The van der Waals surface area contributed by atoms with E-state index in [0.29, 0.717) is 38.5 Å². The summed E-state index contributed by atoms with van der Waals surface area (Å²) in [5, 5.41) is 3.18. The normalized spacial score (nSPS) is 12.0. The van der Waals surface area contributed by atoms with Gasteiger partial charge in [0.25, 0.3) is 5.91 Å². The molecule has 10 heteroatoms. The molecule has 1 amide bonds. The molecule has 2 aromatic heterocycles. The van der Waals surface area contributed by atoms with E-state index in [1.54, 1.807) is 6.07 Å². The molecule has 2 N–H and O–H groups in total. The van der Waals surface area contributed by atoms with Crippen LogP contribution in [0.4, 0.5) is 18.3 Å². The van der Waals surface area contributed by atoms with Crippen LogP contribution in [-0.4, -0.2) is 20.9 Å². The van der Waals surface area contributed by atoms with Gasteiger partial charge < -0.3 is 4.98 Å². The fraction of sp³-hybridized carbons (Fsp3) is 0.167. The summed E-state index contributed by atoms with van der Waals surface area (Å²) in [6, 6.07) is 6.43. The van der Waals surface area contributed by atoms with Crippen molar-refractivity contribution >= 4 is 55.2 Å². The number of carbonyl (C=O) groups is 1. The second-order valence-electron chi connectivity index (χ2n) is 6.04. The molecule has 0 spiro atoms. The standard InChI is InChI=1S/C18H12ClF3N4OS/c1-2-14-23-12-7-9(19)6-10(15(12)25-14)16(27)26-17-24-11-4-3-8(18(20,21)22)5-13(11)28-17/h3-7H,2H2,1H3,(H,23,25)(H,24,26,27). The largest absolute Gasteiger partial charge is 0.416 e. The Morgan fingerprint density at radius 2 is 2.04 bits per heavy atom. The highest BCUT2D eigenvalue weighted by Crippen LogP contribution is 2.34. The molecule has 0 radical (unpaired) electrons. The molecule has 0 aliphatic heterocycles. The number of benzene rings is 2. The number of nitrogens with one attached hydrogen (secondary N) is 2. The maximum atomic E-state index is 12.9. The van der Waals surface area contributed by atoms with E-state index >= 15 is 0 Å². The lowest BCUT2D eigenvalue weighted by Crippen LogP contribution is -2.12. The lowest BCUT2D eigenvalue weighted by molar-refractivity contribution is -0.137. The lowest BCUT2D eigenvalue weighted by Gasteiger charge is -2.04. The molecular formula is C18H12ClF3N4OS. The fourth-order valence-corrected chi connectivity index (χ4v) is 3.91. The van der Waals surface area contributed by atoms with Crippen molar-refractivity contribution in [2.24, 2.45) is 0 Å². The van der Waals surface area contributed by atoms with Crippen LogP contribution in [0.15, 0.2) is 30.3 Å². The van der Waals surface area contributed by atoms with Gasteiger partial charge in [-0.1, -0.05) is 29.9 Å². The van der Waals surface area contributed by atoms with Crippen molar-refractivity contribution in [3.63, 3.8) is 0 Å². The third-order valence-electron chi connectivity index (χ3n) is 4.12. The van der Waals surface area contributed by atoms with Gasteiger partial charge in [0.15, 0.2) is 5.13 Å². The number of anilines is 1. The Bertz CT molecular complexity index is 1210. The first-order valence-electron chi connectivity index (χ1n) is 8.22. The maximum Gasteiger partial charge on any atom is 0.416 e. The third kappa shape index (κ3) is 3.43. The van der Waals surface area contributed by atoms with E-state index in [0.717, 1.165) is 23.5 Å². The molecule has 2 heterocycles. The van der Waals surface area contributed by atoms with E-state index < -0.39 is 17.6 Å². The van der Waals surface area contributed by atoms with Crippen LogP contribution in [0.5, 0.6) is 0 Å². The van der Waals surface area contributed by atoms with Crippen LogP contribution < -0.4 is 5.32 Å². The molecule has 0 bridgehead atoms. The number of imidazole rings is 1. The number of rotatable bonds is 3. The minimum Gasteiger partial charge on any atom is -0.342 e. The van der Waals surface area contributed by atoms with E-state index in [9.17, 15) is 18.0 Å². The number of aromatic amines is 1. The zero-order valence-corrected chi connectivity index (χ0v) is 15.9. The Hall–Kier alpha value is -2.65. The summed E-state index contributed by atoms with van der Waals surface area (Å²) in [6.45, 7) is 1.93. The average molecular weight is 425 g/mol. The van der Waals surface area contributed by atoms with Crippen molar-refractivity contribution < 1.29 is 18.0 Å². The smallest absolute Gasteiger partial charge is 0.342 e. The molecular weight excluding hydrogens is 413 g/mol. The quantitative estimate of drug-likeness (QED) is 0.446. The van der Waals surface area contributed by atoms with Crippen molar-refractivity contribution in [2.75, 3.05) is 5.32 Å². The molecule has 0 aliphatic carbocycles. The molecule has 28 heavy (non-hydrogen) atoms. The first kappa shape index (κ1) is 18.7. The minimum absolute atomic E-state index is 0.193.